The summed E-state index contributed by atoms with van der Waals surface area (Å²) in [6.07, 6.45) is 1.78. The van der Waals surface area contributed by atoms with Crippen LogP contribution in [-0.4, -0.2) is 20.9 Å². The van der Waals surface area contributed by atoms with Crippen LogP contribution in [0, 0.1) is 0 Å². The molecule has 0 atom stereocenters. The van der Waals surface area contributed by atoms with Gasteiger partial charge in [-0.1, -0.05) is 18.2 Å². The fourth-order valence-corrected chi connectivity index (χ4v) is 2.15. The molecule has 0 aliphatic carbocycles. The molecule has 106 valence electrons. The van der Waals surface area contributed by atoms with Crippen LogP contribution in [0.3, 0.4) is 0 Å². The second-order valence-electron chi connectivity index (χ2n) is 4.93. The van der Waals surface area contributed by atoms with Gasteiger partial charge in [-0.05, 0) is 31.5 Å². The summed E-state index contributed by atoms with van der Waals surface area (Å²) >= 11 is 0. The highest BCUT2D eigenvalue weighted by Crippen LogP contribution is 2.10. The first kappa shape index (κ1) is 14.3. The van der Waals surface area contributed by atoms with Crippen molar-refractivity contribution in [1.29, 1.82) is 0 Å². The van der Waals surface area contributed by atoms with Gasteiger partial charge in [-0.3, -0.25) is 4.68 Å². The molecular formula is C15H19N3O2. The van der Waals surface area contributed by atoms with Crippen molar-refractivity contribution >= 4 is 5.97 Å². The van der Waals surface area contributed by atoms with Gasteiger partial charge in [-0.25, -0.2) is 4.79 Å². The summed E-state index contributed by atoms with van der Waals surface area (Å²) in [5, 5.41) is 16.7. The molecule has 0 aliphatic rings. The van der Waals surface area contributed by atoms with Crippen LogP contribution in [0.4, 0.5) is 0 Å². The number of nitrogens with one attached hydrogen (secondary N) is 1. The van der Waals surface area contributed by atoms with Gasteiger partial charge in [0.15, 0.2) is 0 Å². The number of carboxylic acid groups (broad SMARTS) is 1. The number of aromatic carboxylic acids is 1. The van der Waals surface area contributed by atoms with Gasteiger partial charge in [0.05, 0.1) is 11.3 Å². The van der Waals surface area contributed by atoms with Gasteiger partial charge in [0.1, 0.15) is 0 Å². The Balaban J connectivity index is 2.00. The first-order valence-electron chi connectivity index (χ1n) is 6.64. The van der Waals surface area contributed by atoms with E-state index in [2.05, 4.69) is 24.3 Å². The van der Waals surface area contributed by atoms with Gasteiger partial charge in [0.2, 0.25) is 0 Å². The lowest BCUT2D eigenvalue weighted by atomic mass is 10.1. The fourth-order valence-electron chi connectivity index (χ4n) is 2.15. The standard InChI is InChI=1S/C15H19N3O2/c1-11(2)18-13(7-8-17-18)10-16-9-12-5-3-4-6-14(12)15(19)20/h3-8,11,16H,9-10H2,1-2H3,(H,19,20). The zero-order valence-corrected chi connectivity index (χ0v) is 11.7. The third kappa shape index (κ3) is 3.24. The highest BCUT2D eigenvalue weighted by Gasteiger charge is 2.09. The van der Waals surface area contributed by atoms with Crippen molar-refractivity contribution in [1.82, 2.24) is 15.1 Å². The van der Waals surface area contributed by atoms with Crippen molar-refractivity contribution in [3.05, 3.63) is 53.3 Å². The topological polar surface area (TPSA) is 67.2 Å². The normalized spacial score (nSPS) is 10.9. The smallest absolute Gasteiger partial charge is 0.336 e. The molecule has 5 nitrogen and oxygen atoms in total. The predicted molar refractivity (Wildman–Crippen MR) is 76.6 cm³/mol. The number of aromatic nitrogens is 2. The second kappa shape index (κ2) is 6.34. The number of hydrogen-bond acceptors (Lipinski definition) is 3. The van der Waals surface area contributed by atoms with E-state index in [0.29, 0.717) is 24.7 Å². The first-order valence-corrected chi connectivity index (χ1v) is 6.64. The lowest BCUT2D eigenvalue weighted by molar-refractivity contribution is 0.0695. The zero-order chi connectivity index (χ0) is 14.5. The quantitative estimate of drug-likeness (QED) is 0.848. The van der Waals surface area contributed by atoms with Crippen molar-refractivity contribution in [2.24, 2.45) is 0 Å². The highest BCUT2D eigenvalue weighted by atomic mass is 16.4. The minimum atomic E-state index is -0.894. The van der Waals surface area contributed by atoms with Crippen molar-refractivity contribution in [3.8, 4) is 0 Å². The van der Waals surface area contributed by atoms with Crippen LogP contribution in [0.25, 0.3) is 0 Å². The van der Waals surface area contributed by atoms with Crippen LogP contribution in [0.5, 0.6) is 0 Å². The van der Waals surface area contributed by atoms with E-state index in [9.17, 15) is 4.79 Å². The zero-order valence-electron chi connectivity index (χ0n) is 11.7. The van der Waals surface area contributed by atoms with Crippen molar-refractivity contribution in [2.75, 3.05) is 0 Å². The van der Waals surface area contributed by atoms with E-state index >= 15 is 0 Å². The molecule has 20 heavy (non-hydrogen) atoms. The molecule has 2 aromatic rings. The Morgan fingerprint density at radius 3 is 2.75 bits per heavy atom. The van der Waals surface area contributed by atoms with E-state index in [4.69, 9.17) is 5.11 Å². The maximum atomic E-state index is 11.1. The Bertz CT molecular complexity index is 590. The molecule has 1 aromatic carbocycles. The fraction of sp³-hybridized carbons (Fsp3) is 0.333. The van der Waals surface area contributed by atoms with Gasteiger partial charge in [-0.15, -0.1) is 0 Å². The minimum Gasteiger partial charge on any atom is -0.478 e. The van der Waals surface area contributed by atoms with Gasteiger partial charge in [-0.2, -0.15) is 5.10 Å². The van der Waals surface area contributed by atoms with Crippen LogP contribution >= 0.6 is 0 Å². The Labute approximate surface area is 118 Å². The molecule has 2 rings (SSSR count). The lowest BCUT2D eigenvalue weighted by Crippen LogP contribution is -2.18. The maximum Gasteiger partial charge on any atom is 0.336 e. The monoisotopic (exact) mass is 273 g/mol. The SMILES string of the molecule is CC(C)n1nccc1CNCc1ccccc1C(=O)O. The van der Waals surface area contributed by atoms with Gasteiger partial charge in [0.25, 0.3) is 0 Å². The van der Waals surface area contributed by atoms with Crippen LogP contribution in [-0.2, 0) is 13.1 Å². The lowest BCUT2D eigenvalue weighted by Gasteiger charge is -2.12. The summed E-state index contributed by atoms with van der Waals surface area (Å²) in [5.74, 6) is -0.894. The Morgan fingerprint density at radius 1 is 1.30 bits per heavy atom. The number of nitrogens with zero attached hydrogens (tertiary/aromatic N) is 2. The Morgan fingerprint density at radius 2 is 2.05 bits per heavy atom. The first-order chi connectivity index (χ1) is 9.59. The molecule has 0 bridgehead atoms. The number of benzene rings is 1. The van der Waals surface area contributed by atoms with E-state index in [0.717, 1.165) is 11.3 Å². The average molecular weight is 273 g/mol. The van der Waals surface area contributed by atoms with Gasteiger partial charge >= 0.3 is 5.97 Å². The van der Waals surface area contributed by atoms with E-state index in [1.54, 1.807) is 18.3 Å². The molecule has 1 aromatic heterocycles. The average Bonchev–Trinajstić information content (AvgIpc) is 2.87. The molecule has 0 fully saturated rings. The van der Waals surface area contributed by atoms with Crippen LogP contribution in [0.15, 0.2) is 36.5 Å². The maximum absolute atomic E-state index is 11.1. The summed E-state index contributed by atoms with van der Waals surface area (Å²) in [5.41, 5.74) is 2.22. The molecule has 0 amide bonds. The molecule has 1 heterocycles. The molecule has 0 aliphatic heterocycles. The minimum absolute atomic E-state index is 0.313. The number of carboxylic acids is 1. The van der Waals surface area contributed by atoms with Crippen LogP contribution < -0.4 is 5.32 Å². The highest BCUT2D eigenvalue weighted by molar-refractivity contribution is 5.89. The third-order valence-corrected chi connectivity index (χ3v) is 3.11. The predicted octanol–water partition coefficient (Wildman–Crippen LogP) is 2.45. The van der Waals surface area contributed by atoms with E-state index in [1.165, 1.54) is 0 Å². The molecular weight excluding hydrogens is 254 g/mol. The molecule has 0 saturated carbocycles. The largest absolute Gasteiger partial charge is 0.478 e. The van der Waals surface area contributed by atoms with Crippen LogP contribution in [0.1, 0.15) is 41.5 Å². The van der Waals surface area contributed by atoms with E-state index in [-0.39, 0.29) is 0 Å². The summed E-state index contributed by atoms with van der Waals surface area (Å²) in [4.78, 5) is 11.1. The summed E-state index contributed by atoms with van der Waals surface area (Å²) in [6.45, 7) is 5.34. The van der Waals surface area contributed by atoms with Gasteiger partial charge in [0, 0.05) is 25.3 Å². The summed E-state index contributed by atoms with van der Waals surface area (Å²) in [6, 6.07) is 9.32. The summed E-state index contributed by atoms with van der Waals surface area (Å²) < 4.78 is 1.95. The molecule has 0 saturated heterocycles. The molecule has 0 unspecified atom stereocenters. The Hall–Kier alpha value is -2.14. The van der Waals surface area contributed by atoms with E-state index in [1.807, 2.05) is 22.9 Å². The number of hydrogen-bond donors (Lipinski definition) is 2. The van der Waals surface area contributed by atoms with E-state index < -0.39 is 5.97 Å². The number of carbonyl (C=O) groups is 1. The van der Waals surface area contributed by atoms with Gasteiger partial charge < -0.3 is 10.4 Å². The summed E-state index contributed by atoms with van der Waals surface area (Å²) in [7, 11) is 0. The third-order valence-electron chi connectivity index (χ3n) is 3.11. The van der Waals surface area contributed by atoms with Crippen LogP contribution in [0.2, 0.25) is 0 Å². The molecule has 5 heteroatoms. The second-order valence-corrected chi connectivity index (χ2v) is 4.93. The number of rotatable bonds is 6. The van der Waals surface area contributed by atoms with Crippen molar-refractivity contribution in [3.63, 3.8) is 0 Å². The molecule has 2 N–H and O–H groups in total. The molecule has 0 spiro atoms. The van der Waals surface area contributed by atoms with Crippen molar-refractivity contribution < 1.29 is 9.90 Å². The molecule has 0 radical (unpaired) electrons. The van der Waals surface area contributed by atoms with Crippen molar-refractivity contribution in [2.45, 2.75) is 33.0 Å². The Kier molecular flexibility index (Phi) is 4.53.